The molecule has 0 saturated carbocycles. The van der Waals surface area contributed by atoms with Crippen LogP contribution in [0.5, 0.6) is 0 Å². The van der Waals surface area contributed by atoms with E-state index in [1.807, 2.05) is 37.5 Å². The van der Waals surface area contributed by atoms with E-state index >= 15 is 0 Å². The van der Waals surface area contributed by atoms with Gasteiger partial charge >= 0.3 is 5.97 Å². The maximum absolute atomic E-state index is 10.6. The van der Waals surface area contributed by atoms with E-state index in [2.05, 4.69) is 20.0 Å². The molecule has 2 N–H and O–H groups in total. The first kappa shape index (κ1) is 15.2. The molecule has 2 aromatic heterocycles. The van der Waals surface area contributed by atoms with Gasteiger partial charge in [0.25, 0.3) is 0 Å². The fourth-order valence-corrected chi connectivity index (χ4v) is 2.52. The van der Waals surface area contributed by atoms with Gasteiger partial charge in [-0.05, 0) is 19.2 Å². The van der Waals surface area contributed by atoms with Crippen LogP contribution in [0.25, 0.3) is 11.0 Å². The number of aryl methyl sites for hydroxylation is 1. The molecule has 3 aromatic rings. The first-order valence-electron chi connectivity index (χ1n) is 7.45. The fourth-order valence-electron chi connectivity index (χ4n) is 2.52. The van der Waals surface area contributed by atoms with E-state index in [0.29, 0.717) is 13.1 Å². The van der Waals surface area contributed by atoms with Crippen LogP contribution in [0.4, 0.5) is 0 Å². The maximum Gasteiger partial charge on any atom is 0.305 e. The lowest BCUT2D eigenvalue weighted by atomic mass is 10.3. The summed E-state index contributed by atoms with van der Waals surface area (Å²) in [5, 5.41) is 12.9. The summed E-state index contributed by atoms with van der Waals surface area (Å²) >= 11 is 0. The number of aliphatic carboxylic acids is 1. The van der Waals surface area contributed by atoms with E-state index in [1.54, 1.807) is 10.9 Å². The first-order chi connectivity index (χ1) is 11.1. The number of hydrogen-bond donors (Lipinski definition) is 2. The van der Waals surface area contributed by atoms with Crippen LogP contribution in [0.2, 0.25) is 0 Å². The standard InChI is InChI=1S/C16H19N5O2/c1-20(9-12-8-17-21(10-12)7-6-16(22)23)11-15-18-13-4-2-3-5-14(13)19-15/h2-5,8,10H,6-7,9,11H2,1H3,(H,18,19)(H,22,23). The summed E-state index contributed by atoms with van der Waals surface area (Å²) in [4.78, 5) is 20.6. The van der Waals surface area contributed by atoms with Crippen molar-refractivity contribution in [3.05, 3.63) is 48.0 Å². The van der Waals surface area contributed by atoms with Crippen LogP contribution in [0.1, 0.15) is 17.8 Å². The van der Waals surface area contributed by atoms with Gasteiger partial charge in [-0.3, -0.25) is 14.4 Å². The molecule has 23 heavy (non-hydrogen) atoms. The zero-order chi connectivity index (χ0) is 16.2. The van der Waals surface area contributed by atoms with E-state index in [-0.39, 0.29) is 6.42 Å². The third kappa shape index (κ3) is 3.95. The zero-order valence-corrected chi connectivity index (χ0v) is 12.9. The number of fused-ring (bicyclic) bond motifs is 1. The number of nitrogens with zero attached hydrogens (tertiary/aromatic N) is 4. The summed E-state index contributed by atoms with van der Waals surface area (Å²) < 4.78 is 1.67. The van der Waals surface area contributed by atoms with Gasteiger partial charge in [0.15, 0.2) is 0 Å². The van der Waals surface area contributed by atoms with E-state index in [0.717, 1.165) is 29.0 Å². The smallest absolute Gasteiger partial charge is 0.305 e. The van der Waals surface area contributed by atoms with E-state index in [4.69, 9.17) is 5.11 Å². The summed E-state index contributed by atoms with van der Waals surface area (Å²) in [7, 11) is 2.02. The minimum Gasteiger partial charge on any atom is -0.481 e. The number of aromatic nitrogens is 4. The van der Waals surface area contributed by atoms with Crippen LogP contribution in [-0.4, -0.2) is 42.8 Å². The summed E-state index contributed by atoms with van der Waals surface area (Å²) in [5.41, 5.74) is 3.06. The number of carboxylic acids is 1. The summed E-state index contributed by atoms with van der Waals surface area (Å²) in [6.07, 6.45) is 3.74. The quantitative estimate of drug-likeness (QED) is 0.695. The normalized spacial score (nSPS) is 11.4. The van der Waals surface area contributed by atoms with Gasteiger partial charge in [0, 0.05) is 18.3 Å². The van der Waals surface area contributed by atoms with Gasteiger partial charge in [0.05, 0.1) is 36.7 Å². The molecule has 2 heterocycles. The van der Waals surface area contributed by atoms with Crippen molar-refractivity contribution in [1.82, 2.24) is 24.6 Å². The molecule has 0 unspecified atom stereocenters. The molecule has 7 nitrogen and oxygen atoms in total. The lowest BCUT2D eigenvalue weighted by molar-refractivity contribution is -0.137. The highest BCUT2D eigenvalue weighted by atomic mass is 16.4. The van der Waals surface area contributed by atoms with E-state index < -0.39 is 5.97 Å². The van der Waals surface area contributed by atoms with Crippen LogP contribution < -0.4 is 0 Å². The van der Waals surface area contributed by atoms with Gasteiger partial charge in [0.1, 0.15) is 5.82 Å². The Morgan fingerprint density at radius 3 is 2.96 bits per heavy atom. The Hall–Kier alpha value is -2.67. The molecular weight excluding hydrogens is 294 g/mol. The van der Waals surface area contributed by atoms with Crippen molar-refractivity contribution in [1.29, 1.82) is 0 Å². The number of carbonyl (C=O) groups is 1. The van der Waals surface area contributed by atoms with E-state index in [1.165, 1.54) is 0 Å². The number of benzene rings is 1. The van der Waals surface area contributed by atoms with Gasteiger partial charge in [-0.2, -0.15) is 5.10 Å². The third-order valence-electron chi connectivity index (χ3n) is 3.55. The number of nitrogens with one attached hydrogen (secondary N) is 1. The molecule has 0 bridgehead atoms. The zero-order valence-electron chi connectivity index (χ0n) is 12.9. The molecule has 0 aliphatic heterocycles. The topological polar surface area (TPSA) is 87.0 Å². The van der Waals surface area contributed by atoms with Crippen LogP contribution in [0.15, 0.2) is 36.7 Å². The maximum atomic E-state index is 10.6. The molecule has 0 fully saturated rings. The van der Waals surface area contributed by atoms with Crippen LogP contribution in [0.3, 0.4) is 0 Å². The second-order valence-electron chi connectivity index (χ2n) is 5.63. The Labute approximate surface area is 133 Å². The molecule has 0 aliphatic rings. The van der Waals surface area contributed by atoms with Gasteiger partial charge in [-0.25, -0.2) is 4.98 Å². The number of aromatic amines is 1. The van der Waals surface area contributed by atoms with E-state index in [9.17, 15) is 4.79 Å². The molecule has 0 saturated heterocycles. The second kappa shape index (κ2) is 6.62. The monoisotopic (exact) mass is 313 g/mol. The Morgan fingerprint density at radius 2 is 2.17 bits per heavy atom. The highest BCUT2D eigenvalue weighted by Gasteiger charge is 2.08. The predicted molar refractivity (Wildman–Crippen MR) is 85.7 cm³/mol. The molecule has 0 spiro atoms. The van der Waals surface area contributed by atoms with Gasteiger partial charge in [-0.15, -0.1) is 0 Å². The van der Waals surface area contributed by atoms with Crippen molar-refractivity contribution in [2.75, 3.05) is 7.05 Å². The number of carboxylic acid groups (broad SMARTS) is 1. The van der Waals surface area contributed by atoms with Crippen LogP contribution in [0, 0.1) is 0 Å². The molecule has 0 atom stereocenters. The minimum absolute atomic E-state index is 0.0793. The van der Waals surface area contributed by atoms with Gasteiger partial charge < -0.3 is 10.1 Å². The summed E-state index contributed by atoms with van der Waals surface area (Å²) in [5.74, 6) is 0.107. The average Bonchev–Trinajstić information content (AvgIpc) is 3.10. The molecule has 120 valence electrons. The molecule has 7 heteroatoms. The third-order valence-corrected chi connectivity index (χ3v) is 3.55. The molecule has 3 rings (SSSR count). The van der Waals surface area contributed by atoms with Crippen molar-refractivity contribution in [3.63, 3.8) is 0 Å². The molecule has 0 amide bonds. The van der Waals surface area contributed by atoms with Crippen molar-refractivity contribution in [2.24, 2.45) is 0 Å². The van der Waals surface area contributed by atoms with Crippen molar-refractivity contribution >= 4 is 17.0 Å². The van der Waals surface area contributed by atoms with Crippen molar-refractivity contribution < 1.29 is 9.90 Å². The highest BCUT2D eigenvalue weighted by molar-refractivity contribution is 5.74. The van der Waals surface area contributed by atoms with Crippen LogP contribution in [-0.2, 0) is 24.4 Å². The van der Waals surface area contributed by atoms with Crippen LogP contribution >= 0.6 is 0 Å². The first-order valence-corrected chi connectivity index (χ1v) is 7.45. The number of para-hydroxylation sites is 2. The average molecular weight is 313 g/mol. The Morgan fingerprint density at radius 1 is 1.35 bits per heavy atom. The molecule has 1 aromatic carbocycles. The Balaban J connectivity index is 1.58. The predicted octanol–water partition coefficient (Wildman–Crippen LogP) is 1.87. The van der Waals surface area contributed by atoms with Gasteiger partial charge in [0.2, 0.25) is 0 Å². The second-order valence-corrected chi connectivity index (χ2v) is 5.63. The highest BCUT2D eigenvalue weighted by Crippen LogP contribution is 2.12. The minimum atomic E-state index is -0.816. The summed E-state index contributed by atoms with van der Waals surface area (Å²) in [6, 6.07) is 7.96. The molecule has 0 aliphatic carbocycles. The fraction of sp³-hybridized carbons (Fsp3) is 0.312. The molecule has 0 radical (unpaired) electrons. The number of imidazole rings is 1. The Kier molecular flexibility index (Phi) is 4.38. The lowest BCUT2D eigenvalue weighted by Crippen LogP contribution is -2.17. The SMILES string of the molecule is CN(Cc1cnn(CCC(=O)O)c1)Cc1nc2ccccc2[nH]1. The van der Waals surface area contributed by atoms with Crippen molar-refractivity contribution in [2.45, 2.75) is 26.1 Å². The molecular formula is C16H19N5O2. The number of rotatable bonds is 7. The summed E-state index contributed by atoms with van der Waals surface area (Å²) in [6.45, 7) is 1.82. The number of H-pyrrole nitrogens is 1. The largest absolute Gasteiger partial charge is 0.481 e. The van der Waals surface area contributed by atoms with Crippen molar-refractivity contribution in [3.8, 4) is 0 Å². The number of hydrogen-bond acceptors (Lipinski definition) is 4. The Bertz CT molecular complexity index is 775. The van der Waals surface area contributed by atoms with Gasteiger partial charge in [-0.1, -0.05) is 12.1 Å². The lowest BCUT2D eigenvalue weighted by Gasteiger charge is -2.13.